The van der Waals surface area contributed by atoms with Crippen LogP contribution in [0.2, 0.25) is 0 Å². The molecule has 128 valence electrons. The Morgan fingerprint density at radius 3 is 2.56 bits per heavy atom. The summed E-state index contributed by atoms with van der Waals surface area (Å²) in [5.74, 6) is -0.334. The molecule has 3 aromatic rings. The Kier molecular flexibility index (Phi) is 4.13. The summed E-state index contributed by atoms with van der Waals surface area (Å²) in [4.78, 5) is 14.5. The predicted octanol–water partition coefficient (Wildman–Crippen LogP) is 3.53. The monoisotopic (exact) mass is 358 g/mol. The lowest BCUT2D eigenvalue weighted by Gasteiger charge is -2.10. The van der Waals surface area contributed by atoms with Crippen LogP contribution < -0.4 is 4.18 Å². The van der Waals surface area contributed by atoms with Crippen molar-refractivity contribution < 1.29 is 17.5 Å². The molecule has 0 unspecified atom stereocenters. The number of para-hydroxylation sites is 1. The minimum absolute atomic E-state index is 0.139. The van der Waals surface area contributed by atoms with Crippen LogP contribution in [-0.4, -0.2) is 18.3 Å². The van der Waals surface area contributed by atoms with Crippen LogP contribution in [0.25, 0.3) is 10.9 Å². The van der Waals surface area contributed by atoms with Gasteiger partial charge in [0.1, 0.15) is 4.90 Å². The average molecular weight is 358 g/mol. The van der Waals surface area contributed by atoms with Gasteiger partial charge in [0.25, 0.3) is 0 Å². The van der Waals surface area contributed by atoms with Gasteiger partial charge in [0.15, 0.2) is 0 Å². The number of hydrogen-bond donors (Lipinski definition) is 0. The Morgan fingerprint density at radius 2 is 1.84 bits per heavy atom. The third kappa shape index (κ3) is 3.29. The zero-order valence-electron chi connectivity index (χ0n) is 13.5. The SMILES string of the molecule is Cc1ccc(OS(=O)(=O)c2cccc3cc(C)cnc23)c([N+](=O)[O-])c1. The average Bonchev–Trinajstić information content (AvgIpc) is 2.55. The normalized spacial score (nSPS) is 11.4. The van der Waals surface area contributed by atoms with Gasteiger partial charge in [-0.2, -0.15) is 8.42 Å². The fourth-order valence-electron chi connectivity index (χ4n) is 2.45. The first kappa shape index (κ1) is 16.8. The molecule has 1 heterocycles. The molecule has 0 fully saturated rings. The van der Waals surface area contributed by atoms with Gasteiger partial charge in [-0.3, -0.25) is 15.1 Å². The standard InChI is InChI=1S/C17H14N2O5S/c1-11-6-7-15(14(9-11)19(20)21)24-25(22,23)16-5-3-4-13-8-12(2)10-18-17(13)16/h3-10H,1-2H3. The highest BCUT2D eigenvalue weighted by Crippen LogP contribution is 2.32. The molecule has 3 rings (SSSR count). The molecule has 0 spiro atoms. The van der Waals surface area contributed by atoms with Crippen LogP contribution in [0.5, 0.6) is 5.75 Å². The Balaban J connectivity index is 2.12. The lowest BCUT2D eigenvalue weighted by Crippen LogP contribution is -2.12. The summed E-state index contributed by atoms with van der Waals surface area (Å²) < 4.78 is 30.4. The molecule has 0 saturated heterocycles. The fourth-order valence-corrected chi connectivity index (χ4v) is 3.57. The van der Waals surface area contributed by atoms with Crippen LogP contribution in [0.1, 0.15) is 11.1 Å². The van der Waals surface area contributed by atoms with Crippen molar-refractivity contribution in [3.63, 3.8) is 0 Å². The van der Waals surface area contributed by atoms with Crippen molar-refractivity contribution in [2.24, 2.45) is 0 Å². The number of aryl methyl sites for hydroxylation is 2. The summed E-state index contributed by atoms with van der Waals surface area (Å²) in [6, 6.07) is 10.5. The van der Waals surface area contributed by atoms with Crippen LogP contribution in [0.4, 0.5) is 5.69 Å². The Hall–Kier alpha value is -3.00. The van der Waals surface area contributed by atoms with E-state index in [1.54, 1.807) is 37.4 Å². The molecule has 1 aromatic heterocycles. The van der Waals surface area contributed by atoms with E-state index in [1.165, 1.54) is 18.2 Å². The van der Waals surface area contributed by atoms with Gasteiger partial charge < -0.3 is 4.18 Å². The zero-order chi connectivity index (χ0) is 18.2. The van der Waals surface area contributed by atoms with Crippen molar-refractivity contribution in [2.75, 3.05) is 0 Å². The largest absolute Gasteiger partial charge is 0.372 e. The van der Waals surface area contributed by atoms with Crippen molar-refractivity contribution in [1.82, 2.24) is 4.98 Å². The number of hydrogen-bond acceptors (Lipinski definition) is 6. The summed E-state index contributed by atoms with van der Waals surface area (Å²) in [7, 11) is -4.29. The number of rotatable bonds is 4. The highest BCUT2D eigenvalue weighted by atomic mass is 32.2. The van der Waals surface area contributed by atoms with E-state index in [9.17, 15) is 18.5 Å². The molecule has 0 aliphatic heterocycles. The summed E-state index contributed by atoms with van der Waals surface area (Å²) in [6.45, 7) is 3.52. The minimum Gasteiger partial charge on any atom is -0.372 e. The Morgan fingerprint density at radius 1 is 1.08 bits per heavy atom. The van der Waals surface area contributed by atoms with Gasteiger partial charge in [-0.25, -0.2) is 0 Å². The number of benzene rings is 2. The second-order valence-corrected chi connectivity index (χ2v) is 7.12. The highest BCUT2D eigenvalue weighted by Gasteiger charge is 2.25. The summed E-state index contributed by atoms with van der Waals surface area (Å²) >= 11 is 0. The second-order valence-electron chi connectivity index (χ2n) is 5.61. The fraction of sp³-hybridized carbons (Fsp3) is 0.118. The maximum Gasteiger partial charge on any atom is 0.341 e. The van der Waals surface area contributed by atoms with Crippen molar-refractivity contribution >= 4 is 26.7 Å². The first-order valence-corrected chi connectivity index (χ1v) is 8.74. The number of aromatic nitrogens is 1. The van der Waals surface area contributed by atoms with Crippen LogP contribution in [0.15, 0.2) is 53.6 Å². The van der Waals surface area contributed by atoms with Gasteiger partial charge >= 0.3 is 15.8 Å². The Bertz CT molecular complexity index is 1090. The zero-order valence-corrected chi connectivity index (χ0v) is 14.3. The molecule has 8 heteroatoms. The quantitative estimate of drug-likeness (QED) is 0.402. The lowest BCUT2D eigenvalue weighted by molar-refractivity contribution is -0.385. The maximum atomic E-state index is 12.7. The molecule has 0 N–H and O–H groups in total. The van der Waals surface area contributed by atoms with Gasteiger partial charge in [0.05, 0.1) is 10.4 Å². The number of nitro benzene ring substituents is 1. The Labute approximate surface area is 144 Å². The lowest BCUT2D eigenvalue weighted by atomic mass is 10.2. The molecule has 0 saturated carbocycles. The summed E-state index contributed by atoms with van der Waals surface area (Å²) in [5, 5.41) is 11.8. The molecule has 0 amide bonds. The molecule has 0 aliphatic rings. The second kappa shape index (κ2) is 6.14. The molecule has 0 bridgehead atoms. The smallest absolute Gasteiger partial charge is 0.341 e. The van der Waals surface area contributed by atoms with E-state index in [4.69, 9.17) is 4.18 Å². The number of fused-ring (bicyclic) bond motifs is 1. The van der Waals surface area contributed by atoms with Crippen molar-refractivity contribution in [2.45, 2.75) is 18.7 Å². The molecule has 7 nitrogen and oxygen atoms in total. The van der Waals surface area contributed by atoms with E-state index in [0.29, 0.717) is 10.9 Å². The predicted molar refractivity (Wildman–Crippen MR) is 92.1 cm³/mol. The number of pyridine rings is 1. The number of nitro groups is 1. The van der Waals surface area contributed by atoms with Gasteiger partial charge in [0.2, 0.25) is 5.75 Å². The molecular weight excluding hydrogens is 344 g/mol. The van der Waals surface area contributed by atoms with E-state index in [2.05, 4.69) is 4.98 Å². The summed E-state index contributed by atoms with van der Waals surface area (Å²) in [6.07, 6.45) is 1.55. The molecule has 25 heavy (non-hydrogen) atoms. The topological polar surface area (TPSA) is 99.4 Å². The van der Waals surface area contributed by atoms with E-state index in [-0.39, 0.29) is 16.2 Å². The van der Waals surface area contributed by atoms with Gasteiger partial charge in [-0.05, 0) is 43.2 Å². The van der Waals surface area contributed by atoms with Crippen molar-refractivity contribution in [1.29, 1.82) is 0 Å². The number of nitrogens with zero attached hydrogens (tertiary/aromatic N) is 2. The van der Waals surface area contributed by atoms with Crippen LogP contribution in [0.3, 0.4) is 0 Å². The first-order valence-electron chi connectivity index (χ1n) is 7.33. The van der Waals surface area contributed by atoms with E-state index in [0.717, 1.165) is 5.56 Å². The third-order valence-electron chi connectivity index (χ3n) is 3.59. The maximum absolute atomic E-state index is 12.7. The molecule has 2 aromatic carbocycles. The van der Waals surface area contributed by atoms with Gasteiger partial charge in [-0.1, -0.05) is 18.2 Å². The minimum atomic E-state index is -4.29. The van der Waals surface area contributed by atoms with Gasteiger partial charge in [0, 0.05) is 17.6 Å². The van der Waals surface area contributed by atoms with E-state index in [1.807, 2.05) is 6.92 Å². The van der Waals surface area contributed by atoms with Gasteiger partial charge in [-0.15, -0.1) is 0 Å². The van der Waals surface area contributed by atoms with Crippen LogP contribution in [-0.2, 0) is 10.1 Å². The first-order chi connectivity index (χ1) is 11.8. The molecule has 0 radical (unpaired) electrons. The molecule has 0 aliphatic carbocycles. The highest BCUT2D eigenvalue weighted by molar-refractivity contribution is 7.87. The third-order valence-corrected chi connectivity index (χ3v) is 4.86. The molecular formula is C17H14N2O5S. The van der Waals surface area contributed by atoms with Crippen LogP contribution >= 0.6 is 0 Å². The van der Waals surface area contributed by atoms with Crippen LogP contribution in [0, 0.1) is 24.0 Å². The van der Waals surface area contributed by atoms with E-state index < -0.39 is 20.7 Å². The van der Waals surface area contributed by atoms with Crippen molar-refractivity contribution in [3.8, 4) is 5.75 Å². The molecule has 0 atom stereocenters. The van der Waals surface area contributed by atoms with E-state index >= 15 is 0 Å². The van der Waals surface area contributed by atoms with Crippen molar-refractivity contribution in [3.05, 3.63) is 69.9 Å². The summed E-state index contributed by atoms with van der Waals surface area (Å²) in [5.41, 5.74) is 1.35.